The lowest BCUT2D eigenvalue weighted by molar-refractivity contribution is -0.209. The highest BCUT2D eigenvalue weighted by molar-refractivity contribution is 5.87. The zero-order chi connectivity index (χ0) is 17.0. The molecule has 2 aromatic rings. The van der Waals surface area contributed by atoms with E-state index in [1.54, 1.807) is 0 Å². The average molecular weight is 340 g/mol. The van der Waals surface area contributed by atoms with Gasteiger partial charge in [0.25, 0.3) is 0 Å². The fourth-order valence-electron chi connectivity index (χ4n) is 5.04. The van der Waals surface area contributed by atoms with Crippen molar-refractivity contribution in [3.05, 3.63) is 35.5 Å². The predicted molar refractivity (Wildman–Crippen MR) is 93.8 cm³/mol. The Hall–Kier alpha value is -1.85. The van der Waals surface area contributed by atoms with Gasteiger partial charge >= 0.3 is 5.97 Å². The van der Waals surface area contributed by atoms with E-state index in [9.17, 15) is 4.79 Å². The number of aromatic nitrogens is 1. The zero-order valence-corrected chi connectivity index (χ0v) is 14.5. The Morgan fingerprint density at radius 3 is 3.04 bits per heavy atom. The topological polar surface area (TPSA) is 54.6 Å². The Balaban J connectivity index is 1.64. The molecular weight excluding hydrogens is 316 g/mol. The molecule has 2 aliphatic heterocycles. The van der Waals surface area contributed by atoms with Crippen LogP contribution in [-0.2, 0) is 20.8 Å². The predicted octanol–water partition coefficient (Wildman–Crippen LogP) is 3.50. The minimum Gasteiger partial charge on any atom is -0.465 e. The van der Waals surface area contributed by atoms with Crippen LogP contribution < -0.4 is 0 Å². The summed E-state index contributed by atoms with van der Waals surface area (Å²) in [6.07, 6.45) is 5.58. The van der Waals surface area contributed by atoms with Crippen LogP contribution in [0.15, 0.2) is 24.3 Å². The second kappa shape index (κ2) is 5.85. The molecule has 1 saturated carbocycles. The number of hydroxylamine groups is 2. The van der Waals surface area contributed by atoms with E-state index < -0.39 is 0 Å². The molecule has 132 valence electrons. The number of H-pyrrole nitrogens is 1. The summed E-state index contributed by atoms with van der Waals surface area (Å²) in [5.41, 5.74) is 3.66. The van der Waals surface area contributed by atoms with Gasteiger partial charge in [-0.2, -0.15) is 5.06 Å². The number of carbonyl (C=O) groups excluding carboxylic acids is 1. The molecule has 1 N–H and O–H groups in total. The molecule has 1 aromatic carbocycles. The maximum Gasteiger partial charge on any atom is 0.326 e. The number of carbonyl (C=O) groups is 1. The van der Waals surface area contributed by atoms with Gasteiger partial charge in [-0.3, -0.25) is 9.63 Å². The number of esters is 1. The summed E-state index contributed by atoms with van der Waals surface area (Å²) < 4.78 is 5.38. The molecule has 0 spiro atoms. The normalized spacial score (nSPS) is 31.4. The van der Waals surface area contributed by atoms with Gasteiger partial charge in [-0.15, -0.1) is 0 Å². The second-order valence-corrected chi connectivity index (χ2v) is 7.43. The van der Waals surface area contributed by atoms with Crippen molar-refractivity contribution in [3.63, 3.8) is 0 Å². The molecule has 1 aliphatic carbocycles. The molecule has 2 fully saturated rings. The molecule has 0 radical (unpaired) electrons. The third-order valence-electron chi connectivity index (χ3n) is 6.10. The van der Waals surface area contributed by atoms with E-state index in [2.05, 4.69) is 29.2 Å². The third-order valence-corrected chi connectivity index (χ3v) is 6.10. The van der Waals surface area contributed by atoms with E-state index in [0.717, 1.165) is 18.4 Å². The van der Waals surface area contributed by atoms with E-state index >= 15 is 0 Å². The third kappa shape index (κ3) is 2.26. The molecule has 2 unspecified atom stereocenters. The van der Waals surface area contributed by atoms with Gasteiger partial charge in [0.1, 0.15) is 6.04 Å². The Kier molecular flexibility index (Phi) is 3.61. The monoisotopic (exact) mass is 340 g/mol. The van der Waals surface area contributed by atoms with Gasteiger partial charge in [0, 0.05) is 28.9 Å². The molecule has 5 heteroatoms. The first-order valence-electron chi connectivity index (χ1n) is 9.49. The van der Waals surface area contributed by atoms with Gasteiger partial charge in [-0.05, 0) is 31.4 Å². The Labute approximate surface area is 147 Å². The SMILES string of the molecule is CCOC(=O)[C@@H]1Cc2c([nH]c3ccccc23)[C@H]2C3CCCCC3ON12. The molecule has 25 heavy (non-hydrogen) atoms. The first kappa shape index (κ1) is 15.4. The number of aromatic amines is 1. The zero-order valence-electron chi connectivity index (χ0n) is 14.5. The van der Waals surface area contributed by atoms with E-state index in [-0.39, 0.29) is 24.2 Å². The fraction of sp³-hybridized carbons (Fsp3) is 0.550. The number of nitrogens with zero attached hydrogens (tertiary/aromatic N) is 1. The minimum absolute atomic E-state index is 0.135. The highest BCUT2D eigenvalue weighted by Crippen LogP contribution is 2.51. The van der Waals surface area contributed by atoms with Gasteiger partial charge in [-0.1, -0.05) is 31.0 Å². The number of hydrogen-bond acceptors (Lipinski definition) is 4. The quantitative estimate of drug-likeness (QED) is 0.850. The Morgan fingerprint density at radius 1 is 1.32 bits per heavy atom. The van der Waals surface area contributed by atoms with Crippen molar-refractivity contribution in [2.45, 2.75) is 57.2 Å². The minimum atomic E-state index is -0.345. The van der Waals surface area contributed by atoms with Crippen LogP contribution in [0.4, 0.5) is 0 Å². The van der Waals surface area contributed by atoms with Crippen LogP contribution in [0.3, 0.4) is 0 Å². The van der Waals surface area contributed by atoms with E-state index in [1.165, 1.54) is 29.5 Å². The molecule has 5 rings (SSSR count). The van der Waals surface area contributed by atoms with Crippen molar-refractivity contribution in [2.24, 2.45) is 5.92 Å². The molecule has 3 aliphatic rings. The van der Waals surface area contributed by atoms with Crippen LogP contribution >= 0.6 is 0 Å². The largest absolute Gasteiger partial charge is 0.465 e. The van der Waals surface area contributed by atoms with Crippen molar-refractivity contribution in [2.75, 3.05) is 6.61 Å². The van der Waals surface area contributed by atoms with E-state index in [1.807, 2.05) is 12.0 Å². The Bertz CT molecular complexity index is 814. The van der Waals surface area contributed by atoms with Crippen molar-refractivity contribution < 1.29 is 14.4 Å². The first-order valence-corrected chi connectivity index (χ1v) is 9.49. The smallest absolute Gasteiger partial charge is 0.326 e. The number of para-hydroxylation sites is 1. The molecule has 0 amide bonds. The van der Waals surface area contributed by atoms with Crippen LogP contribution in [0.5, 0.6) is 0 Å². The van der Waals surface area contributed by atoms with Gasteiger partial charge < -0.3 is 9.72 Å². The summed E-state index contributed by atoms with van der Waals surface area (Å²) >= 11 is 0. The number of benzene rings is 1. The number of fused-ring (bicyclic) bond motifs is 7. The van der Waals surface area contributed by atoms with Crippen molar-refractivity contribution in [3.8, 4) is 0 Å². The molecule has 1 saturated heterocycles. The molecule has 3 heterocycles. The summed E-state index contributed by atoms with van der Waals surface area (Å²) in [6, 6.07) is 8.18. The molecule has 1 aromatic heterocycles. The highest BCUT2D eigenvalue weighted by Gasteiger charge is 2.53. The lowest BCUT2D eigenvalue weighted by atomic mass is 9.78. The number of rotatable bonds is 2. The van der Waals surface area contributed by atoms with Crippen LogP contribution in [0.25, 0.3) is 10.9 Å². The second-order valence-electron chi connectivity index (χ2n) is 7.43. The van der Waals surface area contributed by atoms with Crippen LogP contribution in [0.2, 0.25) is 0 Å². The number of nitrogens with one attached hydrogen (secondary N) is 1. The highest BCUT2D eigenvalue weighted by atomic mass is 16.7. The fourth-order valence-corrected chi connectivity index (χ4v) is 5.04. The van der Waals surface area contributed by atoms with Gasteiger partial charge in [-0.25, -0.2) is 0 Å². The maximum atomic E-state index is 12.7. The summed E-state index contributed by atoms with van der Waals surface area (Å²) in [5, 5.41) is 3.20. The van der Waals surface area contributed by atoms with Crippen LogP contribution in [0, 0.1) is 5.92 Å². The van der Waals surface area contributed by atoms with E-state index in [4.69, 9.17) is 9.57 Å². The molecule has 5 nitrogen and oxygen atoms in total. The summed E-state index contributed by atoms with van der Waals surface area (Å²) in [5.74, 6) is 0.292. The molecule has 4 atom stereocenters. The van der Waals surface area contributed by atoms with Crippen LogP contribution in [0.1, 0.15) is 49.9 Å². The molecule has 0 bridgehead atoms. The van der Waals surface area contributed by atoms with Crippen molar-refractivity contribution in [1.29, 1.82) is 0 Å². The average Bonchev–Trinajstić information content (AvgIpc) is 3.19. The van der Waals surface area contributed by atoms with Gasteiger partial charge in [0.05, 0.1) is 18.8 Å². The van der Waals surface area contributed by atoms with Crippen LogP contribution in [-0.4, -0.2) is 34.8 Å². The number of hydrogen-bond donors (Lipinski definition) is 1. The van der Waals surface area contributed by atoms with Crippen molar-refractivity contribution in [1.82, 2.24) is 10.0 Å². The summed E-state index contributed by atoms with van der Waals surface area (Å²) in [7, 11) is 0. The summed E-state index contributed by atoms with van der Waals surface area (Å²) in [4.78, 5) is 22.6. The van der Waals surface area contributed by atoms with E-state index in [0.29, 0.717) is 18.9 Å². The lowest BCUT2D eigenvalue weighted by Gasteiger charge is -2.35. The standard InChI is InChI=1S/C20H24N2O3/c1-2-24-20(23)16-11-14-12-7-3-5-9-15(12)21-18(14)19-13-8-4-6-10-17(13)25-22(16)19/h3,5,7,9,13,16-17,19,21H,2,4,6,8,10-11H2,1H3/t13?,16-,17?,19+/m0/s1. The maximum absolute atomic E-state index is 12.7. The number of ether oxygens (including phenoxy) is 1. The Morgan fingerprint density at radius 2 is 2.16 bits per heavy atom. The van der Waals surface area contributed by atoms with Gasteiger partial charge in [0.15, 0.2) is 0 Å². The van der Waals surface area contributed by atoms with Crippen molar-refractivity contribution >= 4 is 16.9 Å². The summed E-state index contributed by atoms with van der Waals surface area (Å²) in [6.45, 7) is 2.27. The van der Waals surface area contributed by atoms with Gasteiger partial charge in [0.2, 0.25) is 0 Å². The molecular formula is C20H24N2O3. The lowest BCUT2D eigenvalue weighted by Crippen LogP contribution is -2.46. The first-order chi connectivity index (χ1) is 12.3.